The van der Waals surface area contributed by atoms with Crippen LogP contribution in [0.3, 0.4) is 0 Å². The summed E-state index contributed by atoms with van der Waals surface area (Å²) in [5.41, 5.74) is 3.11. The number of hydrogen-bond acceptors (Lipinski definition) is 4. The molecule has 0 aliphatic heterocycles. The third-order valence-electron chi connectivity index (χ3n) is 3.19. The van der Waals surface area contributed by atoms with E-state index in [1.165, 1.54) is 5.56 Å². The van der Waals surface area contributed by atoms with Crippen LogP contribution in [0.2, 0.25) is 0 Å². The van der Waals surface area contributed by atoms with Gasteiger partial charge in [-0.3, -0.25) is 4.98 Å². The van der Waals surface area contributed by atoms with Gasteiger partial charge in [-0.1, -0.05) is 31.1 Å². The van der Waals surface area contributed by atoms with E-state index in [1.54, 1.807) is 12.4 Å². The van der Waals surface area contributed by atoms with E-state index in [2.05, 4.69) is 41.1 Å². The van der Waals surface area contributed by atoms with Crippen LogP contribution < -0.4 is 0 Å². The summed E-state index contributed by atoms with van der Waals surface area (Å²) in [6.07, 6.45) is 4.52. The van der Waals surface area contributed by atoms with Crippen LogP contribution in [0.5, 0.6) is 0 Å². The fourth-order valence-electron chi connectivity index (χ4n) is 2.21. The Bertz CT molecular complexity index is 702. The van der Waals surface area contributed by atoms with Gasteiger partial charge in [0, 0.05) is 23.5 Å². The predicted octanol–water partition coefficient (Wildman–Crippen LogP) is 4.00. The average Bonchev–Trinajstić information content (AvgIpc) is 2.98. The molecular formula is C17H17N3O. The molecule has 0 bridgehead atoms. The van der Waals surface area contributed by atoms with E-state index in [0.29, 0.717) is 17.6 Å². The van der Waals surface area contributed by atoms with Crippen molar-refractivity contribution in [3.63, 3.8) is 0 Å². The van der Waals surface area contributed by atoms with Crippen LogP contribution in [0, 0.1) is 5.92 Å². The Balaban J connectivity index is 1.83. The van der Waals surface area contributed by atoms with Gasteiger partial charge in [0.25, 0.3) is 5.89 Å². The van der Waals surface area contributed by atoms with Crippen molar-refractivity contribution in [2.24, 2.45) is 5.92 Å². The summed E-state index contributed by atoms with van der Waals surface area (Å²) in [7, 11) is 0. The van der Waals surface area contributed by atoms with Gasteiger partial charge in [0.05, 0.1) is 0 Å². The first-order valence-electron chi connectivity index (χ1n) is 7.06. The van der Waals surface area contributed by atoms with Gasteiger partial charge >= 0.3 is 0 Å². The SMILES string of the molecule is CC(C)Cc1ccc(-c2nc(-c3cccnc3)no2)cc1. The molecule has 0 N–H and O–H groups in total. The molecule has 106 valence electrons. The van der Waals surface area contributed by atoms with Gasteiger partial charge in [-0.25, -0.2) is 0 Å². The highest BCUT2D eigenvalue weighted by molar-refractivity contribution is 5.59. The van der Waals surface area contributed by atoms with Gasteiger partial charge in [0.2, 0.25) is 5.82 Å². The molecule has 3 aromatic rings. The van der Waals surface area contributed by atoms with E-state index in [4.69, 9.17) is 4.52 Å². The molecule has 3 rings (SSSR count). The van der Waals surface area contributed by atoms with E-state index in [9.17, 15) is 0 Å². The van der Waals surface area contributed by atoms with Crippen LogP contribution in [-0.4, -0.2) is 15.1 Å². The topological polar surface area (TPSA) is 51.8 Å². The number of benzene rings is 1. The molecule has 0 saturated heterocycles. The van der Waals surface area contributed by atoms with Crippen molar-refractivity contribution in [3.8, 4) is 22.8 Å². The highest BCUT2D eigenvalue weighted by atomic mass is 16.5. The molecule has 21 heavy (non-hydrogen) atoms. The van der Waals surface area contributed by atoms with E-state index >= 15 is 0 Å². The van der Waals surface area contributed by atoms with Crippen molar-refractivity contribution < 1.29 is 4.52 Å². The Labute approximate surface area is 123 Å². The summed E-state index contributed by atoms with van der Waals surface area (Å²) in [6.45, 7) is 4.43. The second-order valence-corrected chi connectivity index (χ2v) is 5.46. The summed E-state index contributed by atoms with van der Waals surface area (Å²) >= 11 is 0. The number of pyridine rings is 1. The highest BCUT2D eigenvalue weighted by Crippen LogP contribution is 2.22. The van der Waals surface area contributed by atoms with Crippen LogP contribution in [-0.2, 0) is 6.42 Å². The van der Waals surface area contributed by atoms with Gasteiger partial charge < -0.3 is 4.52 Å². The van der Waals surface area contributed by atoms with Crippen LogP contribution in [0.4, 0.5) is 0 Å². The lowest BCUT2D eigenvalue weighted by atomic mass is 10.0. The summed E-state index contributed by atoms with van der Waals surface area (Å²) in [6, 6.07) is 12.0. The zero-order valence-corrected chi connectivity index (χ0v) is 12.2. The smallest absolute Gasteiger partial charge is 0.258 e. The van der Waals surface area contributed by atoms with Crippen molar-refractivity contribution in [1.82, 2.24) is 15.1 Å². The lowest BCUT2D eigenvalue weighted by Gasteiger charge is -2.04. The van der Waals surface area contributed by atoms with E-state index in [-0.39, 0.29) is 0 Å². The van der Waals surface area contributed by atoms with E-state index < -0.39 is 0 Å². The number of rotatable bonds is 4. The molecule has 4 nitrogen and oxygen atoms in total. The molecule has 0 radical (unpaired) electrons. The first-order valence-corrected chi connectivity index (χ1v) is 7.06. The second kappa shape index (κ2) is 5.87. The average molecular weight is 279 g/mol. The maximum atomic E-state index is 5.34. The van der Waals surface area contributed by atoms with Crippen molar-refractivity contribution in [2.45, 2.75) is 20.3 Å². The minimum atomic E-state index is 0.532. The molecule has 2 aromatic heterocycles. The fraction of sp³-hybridized carbons (Fsp3) is 0.235. The van der Waals surface area contributed by atoms with Crippen molar-refractivity contribution in [3.05, 3.63) is 54.4 Å². The molecule has 0 saturated carbocycles. The Morgan fingerprint density at radius 3 is 2.52 bits per heavy atom. The van der Waals surface area contributed by atoms with Crippen LogP contribution in [0.25, 0.3) is 22.8 Å². The van der Waals surface area contributed by atoms with Gasteiger partial charge in [0.15, 0.2) is 0 Å². The summed E-state index contributed by atoms with van der Waals surface area (Å²) < 4.78 is 5.34. The quantitative estimate of drug-likeness (QED) is 0.724. The first-order chi connectivity index (χ1) is 10.2. The van der Waals surface area contributed by atoms with Crippen molar-refractivity contribution in [2.75, 3.05) is 0 Å². The Morgan fingerprint density at radius 1 is 1.05 bits per heavy atom. The largest absolute Gasteiger partial charge is 0.334 e. The zero-order valence-electron chi connectivity index (χ0n) is 12.2. The van der Waals surface area contributed by atoms with Crippen LogP contribution in [0.15, 0.2) is 53.3 Å². The van der Waals surface area contributed by atoms with Crippen molar-refractivity contribution in [1.29, 1.82) is 0 Å². The van der Waals surface area contributed by atoms with Crippen molar-refractivity contribution >= 4 is 0 Å². The van der Waals surface area contributed by atoms with Crippen LogP contribution in [0.1, 0.15) is 19.4 Å². The fourth-order valence-corrected chi connectivity index (χ4v) is 2.21. The molecule has 0 amide bonds. The Kier molecular flexibility index (Phi) is 3.77. The summed E-state index contributed by atoms with van der Waals surface area (Å²) in [5, 5.41) is 4.01. The van der Waals surface area contributed by atoms with Crippen LogP contribution >= 0.6 is 0 Å². The lowest BCUT2D eigenvalue weighted by molar-refractivity contribution is 0.432. The second-order valence-electron chi connectivity index (χ2n) is 5.46. The number of aromatic nitrogens is 3. The number of hydrogen-bond donors (Lipinski definition) is 0. The van der Waals surface area contributed by atoms with Gasteiger partial charge in [-0.2, -0.15) is 4.98 Å². The third kappa shape index (κ3) is 3.16. The summed E-state index contributed by atoms with van der Waals surface area (Å²) in [4.78, 5) is 8.48. The molecule has 0 spiro atoms. The maximum absolute atomic E-state index is 5.34. The minimum absolute atomic E-state index is 0.532. The molecular weight excluding hydrogens is 262 g/mol. The summed E-state index contributed by atoms with van der Waals surface area (Å²) in [5.74, 6) is 1.74. The molecule has 1 aromatic carbocycles. The van der Waals surface area contributed by atoms with E-state index in [1.807, 2.05) is 24.3 Å². The Hall–Kier alpha value is -2.49. The van der Waals surface area contributed by atoms with Gasteiger partial charge in [-0.15, -0.1) is 0 Å². The first kappa shape index (κ1) is 13.5. The maximum Gasteiger partial charge on any atom is 0.258 e. The molecule has 0 unspecified atom stereocenters. The zero-order chi connectivity index (χ0) is 14.7. The standard InChI is InChI=1S/C17H17N3O/c1-12(2)10-13-5-7-14(8-6-13)17-19-16(20-21-17)15-4-3-9-18-11-15/h3-9,11-12H,10H2,1-2H3. The highest BCUT2D eigenvalue weighted by Gasteiger charge is 2.10. The molecule has 0 aliphatic carbocycles. The molecule has 4 heteroatoms. The lowest BCUT2D eigenvalue weighted by Crippen LogP contribution is -1.93. The molecule has 0 aliphatic rings. The third-order valence-corrected chi connectivity index (χ3v) is 3.19. The van der Waals surface area contributed by atoms with Gasteiger partial charge in [0.1, 0.15) is 0 Å². The molecule has 2 heterocycles. The molecule has 0 atom stereocenters. The minimum Gasteiger partial charge on any atom is -0.334 e. The monoisotopic (exact) mass is 279 g/mol. The Morgan fingerprint density at radius 2 is 1.86 bits per heavy atom. The van der Waals surface area contributed by atoms with Gasteiger partial charge in [-0.05, 0) is 42.2 Å². The molecule has 0 fully saturated rings. The van der Waals surface area contributed by atoms with E-state index in [0.717, 1.165) is 17.5 Å². The normalized spacial score (nSPS) is 11.0. The predicted molar refractivity (Wildman–Crippen MR) is 81.5 cm³/mol. The number of nitrogens with zero attached hydrogens (tertiary/aromatic N) is 3.